The highest BCUT2D eigenvalue weighted by molar-refractivity contribution is 6.03. The maximum Gasteiger partial charge on any atom is 0.344 e. The van der Waals surface area contributed by atoms with Crippen molar-refractivity contribution in [2.75, 3.05) is 13.2 Å². The summed E-state index contributed by atoms with van der Waals surface area (Å²) in [6.45, 7) is 4.57. The van der Waals surface area contributed by atoms with E-state index < -0.39 is 17.9 Å². The van der Waals surface area contributed by atoms with Gasteiger partial charge >= 0.3 is 17.9 Å². The number of aromatic hydroxyl groups is 1. The van der Waals surface area contributed by atoms with Crippen molar-refractivity contribution in [1.82, 2.24) is 0 Å². The van der Waals surface area contributed by atoms with Gasteiger partial charge in [0.2, 0.25) is 0 Å². The molecule has 4 rings (SSSR count). The van der Waals surface area contributed by atoms with Crippen molar-refractivity contribution >= 4 is 17.9 Å². The molecule has 0 aliphatic carbocycles. The molecule has 0 amide bonds. The second-order valence-corrected chi connectivity index (χ2v) is 10.4. The van der Waals surface area contributed by atoms with E-state index >= 15 is 0 Å². The lowest BCUT2D eigenvalue weighted by atomic mass is 9.96. The van der Waals surface area contributed by atoms with E-state index in [9.17, 15) is 29.7 Å². The van der Waals surface area contributed by atoms with Crippen LogP contribution in [0, 0.1) is 5.41 Å². The van der Waals surface area contributed by atoms with Crippen LogP contribution in [0.2, 0.25) is 0 Å². The standard InChI is InChI=1S/C33H30O11/c1-33(2,20-41-24-10-14-26(15-11-24)44-42-18-21-5-3-4-6-27(21)30(35)36)19-40-23-8-12-25(13-9-23)43-32(39)28-16-7-22(34)17-29(28)31(37)38/h3-17,34H,18-20H2,1-2H3,(H,35,36)(H,37,38). The summed E-state index contributed by atoms with van der Waals surface area (Å²) in [4.78, 5) is 45.7. The number of rotatable bonds is 14. The van der Waals surface area contributed by atoms with Crippen molar-refractivity contribution in [3.63, 3.8) is 0 Å². The highest BCUT2D eigenvalue weighted by atomic mass is 17.2. The summed E-state index contributed by atoms with van der Waals surface area (Å²) < 4.78 is 17.1. The largest absolute Gasteiger partial charge is 0.508 e. The number of esters is 1. The molecule has 0 bridgehead atoms. The maximum absolute atomic E-state index is 12.5. The molecule has 0 aliphatic rings. The second kappa shape index (κ2) is 14.1. The fourth-order valence-corrected chi connectivity index (χ4v) is 3.86. The van der Waals surface area contributed by atoms with Gasteiger partial charge in [0.05, 0.1) is 29.9 Å². The number of phenols is 1. The van der Waals surface area contributed by atoms with Gasteiger partial charge < -0.3 is 34.4 Å². The first-order valence-electron chi connectivity index (χ1n) is 13.4. The molecular weight excluding hydrogens is 572 g/mol. The summed E-state index contributed by atoms with van der Waals surface area (Å²) in [6.07, 6.45) is 0. The van der Waals surface area contributed by atoms with Crippen molar-refractivity contribution in [1.29, 1.82) is 0 Å². The van der Waals surface area contributed by atoms with Crippen LogP contribution in [0.1, 0.15) is 50.5 Å². The van der Waals surface area contributed by atoms with E-state index in [1.165, 1.54) is 30.3 Å². The molecular formula is C33H30O11. The third-order valence-electron chi connectivity index (χ3n) is 6.19. The third kappa shape index (κ3) is 8.73. The third-order valence-corrected chi connectivity index (χ3v) is 6.19. The van der Waals surface area contributed by atoms with Crippen LogP contribution in [-0.4, -0.2) is 46.4 Å². The van der Waals surface area contributed by atoms with Gasteiger partial charge in [-0.3, -0.25) is 0 Å². The number of aromatic carboxylic acids is 2. The second-order valence-electron chi connectivity index (χ2n) is 10.4. The molecule has 4 aromatic carbocycles. The number of carbonyl (C=O) groups excluding carboxylic acids is 1. The number of hydrogen-bond donors (Lipinski definition) is 3. The molecule has 0 radical (unpaired) electrons. The van der Waals surface area contributed by atoms with Gasteiger partial charge in [-0.1, -0.05) is 32.0 Å². The monoisotopic (exact) mass is 602 g/mol. The van der Waals surface area contributed by atoms with E-state index in [1.807, 2.05) is 13.8 Å². The first-order valence-corrected chi connectivity index (χ1v) is 13.4. The lowest BCUT2D eigenvalue weighted by Crippen LogP contribution is -2.28. The molecule has 0 aromatic heterocycles. The molecule has 0 saturated heterocycles. The molecule has 4 aromatic rings. The quantitative estimate of drug-likeness (QED) is 0.0672. The zero-order valence-corrected chi connectivity index (χ0v) is 23.9. The smallest absolute Gasteiger partial charge is 0.344 e. The minimum Gasteiger partial charge on any atom is -0.508 e. The van der Waals surface area contributed by atoms with Gasteiger partial charge in [-0.15, -0.1) is 0 Å². The summed E-state index contributed by atoms with van der Waals surface area (Å²) in [5.74, 6) is -1.80. The Balaban J connectivity index is 1.22. The molecule has 44 heavy (non-hydrogen) atoms. The van der Waals surface area contributed by atoms with Crippen molar-refractivity contribution in [3.8, 4) is 28.7 Å². The topological polar surface area (TPSA) is 158 Å². The molecule has 3 N–H and O–H groups in total. The Morgan fingerprint density at radius 1 is 0.659 bits per heavy atom. The summed E-state index contributed by atoms with van der Waals surface area (Å²) in [5.41, 5.74) is -0.298. The summed E-state index contributed by atoms with van der Waals surface area (Å²) in [5, 5.41) is 28.1. The van der Waals surface area contributed by atoms with Gasteiger partial charge in [-0.25, -0.2) is 14.4 Å². The van der Waals surface area contributed by atoms with E-state index in [-0.39, 0.29) is 40.2 Å². The normalized spacial score (nSPS) is 11.0. The van der Waals surface area contributed by atoms with Crippen LogP contribution in [0.15, 0.2) is 91.0 Å². The Morgan fingerprint density at radius 3 is 1.80 bits per heavy atom. The first kappa shape index (κ1) is 31.4. The van der Waals surface area contributed by atoms with Gasteiger partial charge in [0.1, 0.15) is 29.6 Å². The molecule has 0 saturated carbocycles. The first-order chi connectivity index (χ1) is 21.0. The number of phenolic OH excluding ortho intramolecular Hbond substituents is 1. The van der Waals surface area contributed by atoms with Crippen LogP contribution in [0.3, 0.4) is 0 Å². The minimum absolute atomic E-state index is 0.0315. The number of hydrogen-bond acceptors (Lipinski definition) is 9. The Hall–Kier alpha value is -5.55. The van der Waals surface area contributed by atoms with Gasteiger partial charge in [-0.2, -0.15) is 4.89 Å². The molecule has 0 heterocycles. The number of ether oxygens (including phenoxy) is 3. The van der Waals surface area contributed by atoms with Crippen LogP contribution in [0.5, 0.6) is 28.7 Å². The molecule has 0 spiro atoms. The molecule has 11 nitrogen and oxygen atoms in total. The summed E-state index contributed by atoms with van der Waals surface area (Å²) >= 11 is 0. The zero-order chi connectivity index (χ0) is 31.7. The fraction of sp³-hybridized carbons (Fsp3) is 0.182. The molecule has 228 valence electrons. The van der Waals surface area contributed by atoms with E-state index in [1.54, 1.807) is 54.6 Å². The van der Waals surface area contributed by atoms with Gasteiger partial charge in [-0.05, 0) is 78.4 Å². The van der Waals surface area contributed by atoms with Gasteiger partial charge in [0, 0.05) is 5.41 Å². The highest BCUT2D eigenvalue weighted by Gasteiger charge is 2.22. The van der Waals surface area contributed by atoms with Crippen molar-refractivity contribution in [2.45, 2.75) is 20.5 Å². The van der Waals surface area contributed by atoms with Crippen LogP contribution in [-0.2, 0) is 11.5 Å². The van der Waals surface area contributed by atoms with Crippen molar-refractivity contribution < 1.29 is 53.7 Å². The Kier molecular flexibility index (Phi) is 10.0. The minimum atomic E-state index is -1.36. The maximum atomic E-state index is 12.5. The number of benzene rings is 4. The Labute approximate surface area is 252 Å². The number of carboxylic acid groups (broad SMARTS) is 2. The van der Waals surface area contributed by atoms with Crippen LogP contribution >= 0.6 is 0 Å². The van der Waals surface area contributed by atoms with Gasteiger partial charge in [0.15, 0.2) is 5.75 Å². The highest BCUT2D eigenvalue weighted by Crippen LogP contribution is 2.25. The van der Waals surface area contributed by atoms with E-state index in [0.717, 1.165) is 6.07 Å². The van der Waals surface area contributed by atoms with Gasteiger partial charge in [0.25, 0.3) is 0 Å². The van der Waals surface area contributed by atoms with E-state index in [0.29, 0.717) is 36.0 Å². The molecule has 0 fully saturated rings. The fourth-order valence-electron chi connectivity index (χ4n) is 3.86. The lowest BCUT2D eigenvalue weighted by Gasteiger charge is -2.25. The van der Waals surface area contributed by atoms with Crippen molar-refractivity contribution in [2.24, 2.45) is 5.41 Å². The molecule has 0 unspecified atom stereocenters. The molecule has 0 aliphatic heterocycles. The summed E-state index contributed by atoms with van der Waals surface area (Å²) in [7, 11) is 0. The number of carboxylic acids is 2. The van der Waals surface area contributed by atoms with E-state index in [2.05, 4.69) is 0 Å². The van der Waals surface area contributed by atoms with Crippen LogP contribution < -0.4 is 19.1 Å². The molecule has 0 atom stereocenters. The average Bonchev–Trinajstić information content (AvgIpc) is 3.00. The lowest BCUT2D eigenvalue weighted by molar-refractivity contribution is -0.217. The predicted octanol–water partition coefficient (Wildman–Crippen LogP) is 6.00. The van der Waals surface area contributed by atoms with Crippen LogP contribution in [0.4, 0.5) is 0 Å². The average molecular weight is 603 g/mol. The predicted molar refractivity (Wildman–Crippen MR) is 156 cm³/mol. The summed E-state index contributed by atoms with van der Waals surface area (Å²) in [6, 6.07) is 23.0. The number of carbonyl (C=O) groups is 3. The molecule has 11 heteroatoms. The SMILES string of the molecule is CC(C)(COc1ccc(OOCc2ccccc2C(=O)O)cc1)COc1ccc(OC(=O)c2ccc(O)cc2C(=O)O)cc1. The zero-order valence-electron chi connectivity index (χ0n) is 23.9. The van der Waals surface area contributed by atoms with Crippen LogP contribution in [0.25, 0.3) is 0 Å². The van der Waals surface area contributed by atoms with Crippen molar-refractivity contribution in [3.05, 3.63) is 113 Å². The Morgan fingerprint density at radius 2 is 1.20 bits per heavy atom. The Bertz CT molecular complexity index is 1610. The van der Waals surface area contributed by atoms with E-state index in [4.69, 9.17) is 24.0 Å².